The van der Waals surface area contributed by atoms with Crippen LogP contribution >= 0.6 is 0 Å². The molecule has 4 nitrogen and oxygen atoms in total. The van der Waals surface area contributed by atoms with E-state index in [1.807, 2.05) is 41.2 Å². The summed E-state index contributed by atoms with van der Waals surface area (Å²) in [7, 11) is 0. The van der Waals surface area contributed by atoms with Gasteiger partial charge >= 0.3 is 0 Å². The highest BCUT2D eigenvalue weighted by molar-refractivity contribution is 6.15. The molecule has 0 saturated carbocycles. The van der Waals surface area contributed by atoms with Gasteiger partial charge in [0.15, 0.2) is 0 Å². The highest BCUT2D eigenvalue weighted by Gasteiger charge is 2.45. The molecule has 124 valence electrons. The van der Waals surface area contributed by atoms with E-state index in [-0.39, 0.29) is 11.0 Å². The molecule has 0 bridgehead atoms. The van der Waals surface area contributed by atoms with Crippen LogP contribution in [0.5, 0.6) is 0 Å². The molecule has 1 aromatic carbocycles. The first-order chi connectivity index (χ1) is 11.8. The Bertz CT molecular complexity index is 1060. The highest BCUT2D eigenvalue weighted by Crippen LogP contribution is 2.45. The van der Waals surface area contributed by atoms with E-state index in [0.717, 1.165) is 33.5 Å². The van der Waals surface area contributed by atoms with E-state index in [0.29, 0.717) is 0 Å². The molecule has 0 saturated heterocycles. The van der Waals surface area contributed by atoms with E-state index in [1.54, 1.807) is 0 Å². The highest BCUT2D eigenvalue weighted by atomic mass is 15.2. The van der Waals surface area contributed by atoms with Gasteiger partial charge in [0.1, 0.15) is 0 Å². The number of fused-ring (bicyclic) bond motifs is 2. The fourth-order valence-electron chi connectivity index (χ4n) is 3.58. The molecule has 0 atom stereocenters. The maximum absolute atomic E-state index is 9.66. The molecule has 0 unspecified atom stereocenters. The van der Waals surface area contributed by atoms with Crippen LogP contribution < -0.4 is 0 Å². The number of hydrogen-bond donors (Lipinski definition) is 0. The van der Waals surface area contributed by atoms with Crippen LogP contribution in [0.4, 0.5) is 0 Å². The van der Waals surface area contributed by atoms with Gasteiger partial charge in [-0.25, -0.2) is 4.52 Å². The first-order valence-electron chi connectivity index (χ1n) is 8.43. The summed E-state index contributed by atoms with van der Waals surface area (Å²) in [6, 6.07) is 14.4. The van der Waals surface area contributed by atoms with Gasteiger partial charge in [-0.05, 0) is 43.7 Å². The smallest absolute Gasteiger partial charge is 0.0994 e. The van der Waals surface area contributed by atoms with Gasteiger partial charge in [0, 0.05) is 22.7 Å². The lowest BCUT2D eigenvalue weighted by Crippen LogP contribution is -2.46. The van der Waals surface area contributed by atoms with Crippen LogP contribution in [0.1, 0.15) is 49.9 Å². The summed E-state index contributed by atoms with van der Waals surface area (Å²) >= 11 is 0. The van der Waals surface area contributed by atoms with E-state index in [2.05, 4.69) is 51.0 Å². The average molecular weight is 328 g/mol. The van der Waals surface area contributed by atoms with E-state index in [4.69, 9.17) is 4.99 Å². The Balaban J connectivity index is 2.03. The standard InChI is InChI=1S/C21H20N4/c1-20(2)18-14(12-22)7-5-9-17(18)19(24-21(20,3)4)15-11-16-8-6-10-25(16)23-13-15/h5-11,13H,1-4H3. The van der Waals surface area contributed by atoms with E-state index in [1.165, 1.54) is 0 Å². The predicted molar refractivity (Wildman–Crippen MR) is 99.1 cm³/mol. The molecule has 2 aromatic heterocycles. The Kier molecular flexibility index (Phi) is 3.14. The summed E-state index contributed by atoms with van der Waals surface area (Å²) in [6.07, 6.45) is 3.78. The molecule has 4 rings (SSSR count). The first kappa shape index (κ1) is 15.6. The summed E-state index contributed by atoms with van der Waals surface area (Å²) in [5.41, 5.74) is 5.16. The predicted octanol–water partition coefficient (Wildman–Crippen LogP) is 4.11. The van der Waals surface area contributed by atoms with Gasteiger partial charge in [-0.15, -0.1) is 0 Å². The third kappa shape index (κ3) is 2.12. The molecule has 1 aliphatic heterocycles. The van der Waals surface area contributed by atoms with Crippen LogP contribution in [-0.2, 0) is 5.41 Å². The maximum Gasteiger partial charge on any atom is 0.0994 e. The Morgan fingerprint density at radius 1 is 1.08 bits per heavy atom. The Morgan fingerprint density at radius 3 is 2.64 bits per heavy atom. The molecular formula is C21H20N4. The monoisotopic (exact) mass is 328 g/mol. The van der Waals surface area contributed by atoms with Crippen molar-refractivity contribution in [2.75, 3.05) is 0 Å². The van der Waals surface area contributed by atoms with E-state index < -0.39 is 0 Å². The third-order valence-corrected chi connectivity index (χ3v) is 5.64. The molecule has 1 aliphatic rings. The molecule has 25 heavy (non-hydrogen) atoms. The van der Waals surface area contributed by atoms with Crippen LogP contribution in [0.15, 0.2) is 53.8 Å². The molecule has 0 amide bonds. The van der Waals surface area contributed by atoms with Crippen LogP contribution in [0, 0.1) is 11.3 Å². The summed E-state index contributed by atoms with van der Waals surface area (Å²) in [5, 5.41) is 14.1. The molecule has 3 aromatic rings. The average Bonchev–Trinajstić information content (AvgIpc) is 3.05. The molecule has 3 heterocycles. The van der Waals surface area contributed by atoms with E-state index >= 15 is 0 Å². The SMILES string of the molecule is CC1(C)N=C(c2cnn3cccc3c2)c2cccc(C#N)c2C1(C)C. The van der Waals surface area contributed by atoms with Crippen molar-refractivity contribution in [1.29, 1.82) is 5.26 Å². The number of nitrogens with zero attached hydrogens (tertiary/aromatic N) is 4. The Labute approximate surface area is 147 Å². The number of benzene rings is 1. The van der Waals surface area contributed by atoms with E-state index in [9.17, 15) is 5.26 Å². The van der Waals surface area contributed by atoms with Gasteiger partial charge < -0.3 is 0 Å². The minimum atomic E-state index is -0.337. The summed E-state index contributed by atoms with van der Waals surface area (Å²) < 4.78 is 1.84. The first-order valence-corrected chi connectivity index (χ1v) is 8.43. The number of nitriles is 1. The molecular weight excluding hydrogens is 308 g/mol. The summed E-state index contributed by atoms with van der Waals surface area (Å²) in [6.45, 7) is 8.60. The van der Waals surface area contributed by atoms with Gasteiger partial charge in [-0.3, -0.25) is 4.99 Å². The molecule has 0 fully saturated rings. The maximum atomic E-state index is 9.66. The lowest BCUT2D eigenvalue weighted by molar-refractivity contribution is 0.303. The van der Waals surface area contributed by atoms with Crippen molar-refractivity contribution in [1.82, 2.24) is 9.61 Å². The Hall–Kier alpha value is -2.93. The van der Waals surface area contributed by atoms with Crippen LogP contribution in [0.3, 0.4) is 0 Å². The van der Waals surface area contributed by atoms with Gasteiger partial charge in [0.25, 0.3) is 0 Å². The van der Waals surface area contributed by atoms with Crippen LogP contribution in [-0.4, -0.2) is 20.9 Å². The summed E-state index contributed by atoms with van der Waals surface area (Å²) in [4.78, 5) is 5.10. The second-order valence-corrected chi connectivity index (χ2v) is 7.61. The van der Waals surface area contributed by atoms with Crippen molar-refractivity contribution in [3.05, 3.63) is 71.0 Å². The lowest BCUT2D eigenvalue weighted by atomic mass is 9.64. The molecule has 0 radical (unpaired) electrons. The third-order valence-electron chi connectivity index (χ3n) is 5.64. The van der Waals surface area contributed by atoms with Gasteiger partial charge in [-0.2, -0.15) is 10.4 Å². The number of rotatable bonds is 1. The Morgan fingerprint density at radius 2 is 1.88 bits per heavy atom. The van der Waals surface area contributed by atoms with Gasteiger partial charge in [0.05, 0.1) is 34.6 Å². The second-order valence-electron chi connectivity index (χ2n) is 7.61. The minimum Gasteiger partial charge on any atom is -0.277 e. The van der Waals surface area contributed by atoms with Crippen molar-refractivity contribution < 1.29 is 0 Å². The van der Waals surface area contributed by atoms with Gasteiger partial charge in [-0.1, -0.05) is 26.0 Å². The molecule has 0 spiro atoms. The minimum absolute atomic E-state index is 0.245. The van der Waals surface area contributed by atoms with Gasteiger partial charge in [0.2, 0.25) is 0 Å². The summed E-state index contributed by atoms with van der Waals surface area (Å²) in [5.74, 6) is 0. The fourth-order valence-corrected chi connectivity index (χ4v) is 3.58. The van der Waals surface area contributed by atoms with Crippen molar-refractivity contribution in [2.45, 2.75) is 38.6 Å². The van der Waals surface area contributed by atoms with Crippen LogP contribution in [0.2, 0.25) is 0 Å². The second kappa shape index (κ2) is 5.03. The lowest BCUT2D eigenvalue weighted by Gasteiger charge is -2.44. The number of aliphatic imine (C=N–C) groups is 1. The van der Waals surface area contributed by atoms with Crippen molar-refractivity contribution in [3.63, 3.8) is 0 Å². The zero-order valence-electron chi connectivity index (χ0n) is 14.9. The van der Waals surface area contributed by atoms with Crippen LogP contribution in [0.25, 0.3) is 5.52 Å². The number of aromatic nitrogens is 2. The molecule has 0 aliphatic carbocycles. The topological polar surface area (TPSA) is 53.5 Å². The van der Waals surface area contributed by atoms with Crippen molar-refractivity contribution in [2.24, 2.45) is 4.99 Å². The van der Waals surface area contributed by atoms with Crippen molar-refractivity contribution in [3.8, 4) is 6.07 Å². The molecule has 4 heteroatoms. The quantitative estimate of drug-likeness (QED) is 0.675. The zero-order valence-corrected chi connectivity index (χ0v) is 14.9. The van der Waals surface area contributed by atoms with Crippen molar-refractivity contribution >= 4 is 11.2 Å². The largest absolute Gasteiger partial charge is 0.277 e. The molecule has 0 N–H and O–H groups in total. The normalized spacial score (nSPS) is 17.6. The fraction of sp³-hybridized carbons (Fsp3) is 0.286. The zero-order chi connectivity index (χ0) is 17.8. The number of hydrogen-bond acceptors (Lipinski definition) is 3.